The summed E-state index contributed by atoms with van der Waals surface area (Å²) in [7, 11) is 0. The third kappa shape index (κ3) is 2.80. The molecule has 1 rings (SSSR count). The van der Waals surface area contributed by atoms with Gasteiger partial charge in [0.2, 0.25) is 0 Å². The molecule has 1 aliphatic heterocycles. The molecule has 0 radical (unpaired) electrons. The molecule has 1 aliphatic rings. The lowest BCUT2D eigenvalue weighted by Crippen LogP contribution is -2.31. The minimum absolute atomic E-state index is 0.254. The van der Waals surface area contributed by atoms with Crippen LogP contribution in [0.2, 0.25) is 0 Å². The van der Waals surface area contributed by atoms with E-state index in [0.717, 1.165) is 26.1 Å². The highest BCUT2D eigenvalue weighted by Crippen LogP contribution is 2.29. The molecule has 1 fully saturated rings. The van der Waals surface area contributed by atoms with Gasteiger partial charge in [-0.15, -0.1) is 0 Å². The molecule has 1 saturated heterocycles. The smallest absolute Gasteiger partial charge is 0.133 e. The lowest BCUT2D eigenvalue weighted by atomic mass is 9.77. The molecule has 0 bridgehead atoms. The van der Waals surface area contributed by atoms with Gasteiger partial charge in [0.25, 0.3) is 0 Å². The number of hydrogen-bond donors (Lipinski definition) is 0. The maximum Gasteiger partial charge on any atom is 0.133 e. The van der Waals surface area contributed by atoms with Crippen molar-refractivity contribution in [2.75, 3.05) is 13.2 Å². The predicted molar refractivity (Wildman–Crippen MR) is 52.6 cm³/mol. The van der Waals surface area contributed by atoms with E-state index in [9.17, 15) is 4.79 Å². The van der Waals surface area contributed by atoms with Crippen LogP contribution in [0, 0.1) is 17.8 Å². The van der Waals surface area contributed by atoms with Crippen LogP contribution in [0.5, 0.6) is 0 Å². The van der Waals surface area contributed by atoms with Crippen molar-refractivity contribution in [2.45, 2.75) is 33.6 Å². The average Bonchev–Trinajstić information content (AvgIpc) is 2.04. The minimum atomic E-state index is 0.254. The van der Waals surface area contributed by atoms with Crippen molar-refractivity contribution in [2.24, 2.45) is 17.8 Å². The van der Waals surface area contributed by atoms with Crippen molar-refractivity contribution in [3.05, 3.63) is 0 Å². The second-order valence-electron chi connectivity index (χ2n) is 4.33. The van der Waals surface area contributed by atoms with Crippen LogP contribution in [0.25, 0.3) is 0 Å². The summed E-state index contributed by atoms with van der Waals surface area (Å²) in [6, 6.07) is 0. The van der Waals surface area contributed by atoms with Crippen molar-refractivity contribution < 1.29 is 9.53 Å². The summed E-state index contributed by atoms with van der Waals surface area (Å²) in [5.41, 5.74) is 0. The van der Waals surface area contributed by atoms with Gasteiger partial charge < -0.3 is 4.74 Å². The highest BCUT2D eigenvalue weighted by molar-refractivity contribution is 5.78. The van der Waals surface area contributed by atoms with Crippen molar-refractivity contribution in [3.8, 4) is 0 Å². The summed E-state index contributed by atoms with van der Waals surface area (Å²) >= 11 is 0. The van der Waals surface area contributed by atoms with Crippen molar-refractivity contribution in [3.63, 3.8) is 0 Å². The first-order chi connectivity index (χ1) is 6.13. The Morgan fingerprint density at radius 2 is 1.85 bits per heavy atom. The molecule has 2 nitrogen and oxygen atoms in total. The molecule has 0 amide bonds. The third-order valence-corrected chi connectivity index (χ3v) is 2.96. The van der Waals surface area contributed by atoms with Crippen LogP contribution in [0.15, 0.2) is 0 Å². The Balaban J connectivity index is 2.57. The fraction of sp³-hybridized carbons (Fsp3) is 0.909. The zero-order valence-electron chi connectivity index (χ0n) is 8.88. The molecule has 1 heterocycles. The molecule has 0 saturated carbocycles. The molecular formula is C11H20O2. The number of hydrogen-bond acceptors (Lipinski definition) is 2. The summed E-state index contributed by atoms with van der Waals surface area (Å²) in [6.07, 6.45) is 2.12. The van der Waals surface area contributed by atoms with E-state index < -0.39 is 0 Å². The van der Waals surface area contributed by atoms with E-state index in [-0.39, 0.29) is 5.92 Å². The van der Waals surface area contributed by atoms with Gasteiger partial charge in [-0.05, 0) is 31.6 Å². The second kappa shape index (κ2) is 4.75. The second-order valence-corrected chi connectivity index (χ2v) is 4.33. The van der Waals surface area contributed by atoms with Gasteiger partial charge in [0.15, 0.2) is 0 Å². The molecule has 1 atom stereocenters. The van der Waals surface area contributed by atoms with E-state index >= 15 is 0 Å². The van der Waals surface area contributed by atoms with Crippen LogP contribution in [-0.2, 0) is 9.53 Å². The van der Waals surface area contributed by atoms with E-state index in [4.69, 9.17) is 4.74 Å². The third-order valence-electron chi connectivity index (χ3n) is 2.96. The van der Waals surface area contributed by atoms with Gasteiger partial charge in [0.1, 0.15) is 5.78 Å². The Morgan fingerprint density at radius 3 is 2.23 bits per heavy atom. The maximum atomic E-state index is 11.4. The highest BCUT2D eigenvalue weighted by Gasteiger charge is 2.29. The van der Waals surface area contributed by atoms with Crippen LogP contribution in [-0.4, -0.2) is 19.0 Å². The van der Waals surface area contributed by atoms with Gasteiger partial charge >= 0.3 is 0 Å². The highest BCUT2D eigenvalue weighted by atomic mass is 16.5. The van der Waals surface area contributed by atoms with Crippen molar-refractivity contribution in [1.82, 2.24) is 0 Å². The predicted octanol–water partition coefficient (Wildman–Crippen LogP) is 2.27. The molecule has 0 aliphatic carbocycles. The molecule has 13 heavy (non-hydrogen) atoms. The molecule has 0 aromatic heterocycles. The topological polar surface area (TPSA) is 26.3 Å². The first-order valence-electron chi connectivity index (χ1n) is 5.21. The summed E-state index contributed by atoms with van der Waals surface area (Å²) in [5.74, 6) is 1.64. The van der Waals surface area contributed by atoms with E-state index in [1.807, 2.05) is 0 Å². The van der Waals surface area contributed by atoms with Gasteiger partial charge in [0, 0.05) is 19.1 Å². The van der Waals surface area contributed by atoms with Crippen LogP contribution in [0.1, 0.15) is 33.6 Å². The van der Waals surface area contributed by atoms with Crippen molar-refractivity contribution in [1.29, 1.82) is 0 Å². The first-order valence-corrected chi connectivity index (χ1v) is 5.21. The minimum Gasteiger partial charge on any atom is -0.381 e. The summed E-state index contributed by atoms with van der Waals surface area (Å²) < 4.78 is 5.30. The zero-order valence-corrected chi connectivity index (χ0v) is 8.88. The molecule has 0 N–H and O–H groups in total. The van der Waals surface area contributed by atoms with E-state index in [2.05, 4.69) is 13.8 Å². The Kier molecular flexibility index (Phi) is 3.91. The Labute approximate surface area is 80.7 Å². The standard InChI is InChI=1S/C11H20O2/c1-8(2)11(9(3)12)10-4-6-13-7-5-10/h8,10-11H,4-7H2,1-3H3. The quantitative estimate of drug-likeness (QED) is 0.672. The number of rotatable bonds is 3. The van der Waals surface area contributed by atoms with Crippen LogP contribution < -0.4 is 0 Å². The Morgan fingerprint density at radius 1 is 1.31 bits per heavy atom. The molecule has 0 aromatic carbocycles. The normalized spacial score (nSPS) is 21.8. The number of ketones is 1. The molecule has 76 valence electrons. The fourth-order valence-electron chi connectivity index (χ4n) is 2.42. The van der Waals surface area contributed by atoms with Gasteiger partial charge in [-0.2, -0.15) is 0 Å². The first kappa shape index (κ1) is 10.7. The van der Waals surface area contributed by atoms with Crippen LogP contribution in [0.3, 0.4) is 0 Å². The van der Waals surface area contributed by atoms with Gasteiger partial charge in [-0.25, -0.2) is 0 Å². The number of carbonyl (C=O) groups excluding carboxylic acids is 1. The molecule has 0 aromatic rings. The Bertz CT molecular complexity index is 169. The maximum absolute atomic E-state index is 11.4. The number of carbonyl (C=O) groups is 1. The summed E-state index contributed by atoms with van der Waals surface area (Å²) in [6.45, 7) is 7.67. The summed E-state index contributed by atoms with van der Waals surface area (Å²) in [5, 5.41) is 0. The largest absolute Gasteiger partial charge is 0.381 e. The Hall–Kier alpha value is -0.370. The van der Waals surface area contributed by atoms with Gasteiger partial charge in [-0.1, -0.05) is 13.8 Å². The summed E-state index contributed by atoms with van der Waals surface area (Å²) in [4.78, 5) is 11.4. The molecule has 0 spiro atoms. The molecule has 1 unspecified atom stereocenters. The lowest BCUT2D eigenvalue weighted by Gasteiger charge is -2.31. The lowest BCUT2D eigenvalue weighted by molar-refractivity contribution is -0.125. The van der Waals surface area contributed by atoms with Crippen LogP contribution in [0.4, 0.5) is 0 Å². The van der Waals surface area contributed by atoms with Gasteiger partial charge in [0.05, 0.1) is 0 Å². The van der Waals surface area contributed by atoms with Gasteiger partial charge in [-0.3, -0.25) is 4.79 Å². The average molecular weight is 184 g/mol. The molecular weight excluding hydrogens is 164 g/mol. The zero-order chi connectivity index (χ0) is 9.84. The molecule has 2 heteroatoms. The SMILES string of the molecule is CC(=O)C(C(C)C)C1CCOCC1. The van der Waals surface area contributed by atoms with E-state index in [0.29, 0.717) is 17.6 Å². The van der Waals surface area contributed by atoms with E-state index in [1.54, 1.807) is 6.92 Å². The number of Topliss-reactive ketones (excluding diaryl/α,β-unsaturated/α-hetero) is 1. The van der Waals surface area contributed by atoms with Crippen molar-refractivity contribution >= 4 is 5.78 Å². The van der Waals surface area contributed by atoms with E-state index in [1.165, 1.54) is 0 Å². The monoisotopic (exact) mass is 184 g/mol. The van der Waals surface area contributed by atoms with Crippen LogP contribution >= 0.6 is 0 Å². The fourth-order valence-corrected chi connectivity index (χ4v) is 2.42. The number of ether oxygens (including phenoxy) is 1.